The molecule has 3 N–H and O–H groups in total. The molecule has 0 aliphatic carbocycles. The monoisotopic (exact) mass is 884 g/mol. The van der Waals surface area contributed by atoms with Gasteiger partial charge in [-0.2, -0.15) is 0 Å². The molecule has 0 spiro atoms. The van der Waals surface area contributed by atoms with Crippen molar-refractivity contribution >= 4 is 11.9 Å². The van der Waals surface area contributed by atoms with Gasteiger partial charge in [-0.1, -0.05) is 262 Å². The van der Waals surface area contributed by atoms with Gasteiger partial charge in [-0.05, 0) is 44.9 Å². The van der Waals surface area contributed by atoms with E-state index in [1.165, 1.54) is 173 Å². The summed E-state index contributed by atoms with van der Waals surface area (Å²) in [6.45, 7) is 6.45. The van der Waals surface area contributed by atoms with Crippen molar-refractivity contribution in [2.45, 2.75) is 296 Å². The zero-order chi connectivity index (χ0) is 45.9. The zero-order valence-electron chi connectivity index (χ0n) is 42.0. The Balaban J connectivity index is 4.62. The van der Waals surface area contributed by atoms with E-state index in [0.29, 0.717) is 19.3 Å². The number of carbonyl (C=O) groups excluding carboxylic acids is 2. The van der Waals surface area contributed by atoms with Gasteiger partial charge in [0.25, 0.3) is 0 Å². The molecular formula is C57H105NO5. The molecular weight excluding hydrogens is 779 g/mol. The normalized spacial score (nSPS) is 13.5. The molecule has 0 heterocycles. The molecule has 0 aromatic carbocycles. The average molecular weight is 884 g/mol. The number of unbranched alkanes of at least 4 members (excludes halogenated alkanes) is 30. The van der Waals surface area contributed by atoms with Gasteiger partial charge in [0.1, 0.15) is 6.10 Å². The number of esters is 1. The second kappa shape index (κ2) is 50.8. The van der Waals surface area contributed by atoms with E-state index in [1.807, 2.05) is 6.08 Å². The SMILES string of the molecule is CCCCC/C=C\C/C=C\C/C=C\C/C=C\CC(CC(=O)NC(CO)C(O)CCCCCCCCCCCCCCCCCCC)OC(=O)CCCCCCCCCCCCCC. The molecule has 0 bridgehead atoms. The third-order valence-electron chi connectivity index (χ3n) is 12.4. The van der Waals surface area contributed by atoms with Gasteiger partial charge in [0, 0.05) is 12.8 Å². The number of aliphatic hydroxyl groups excluding tert-OH is 2. The van der Waals surface area contributed by atoms with Crippen molar-refractivity contribution in [3.8, 4) is 0 Å². The van der Waals surface area contributed by atoms with Gasteiger partial charge in [-0.25, -0.2) is 0 Å². The highest BCUT2D eigenvalue weighted by molar-refractivity contribution is 5.77. The third kappa shape index (κ3) is 46.2. The highest BCUT2D eigenvalue weighted by Gasteiger charge is 2.23. The van der Waals surface area contributed by atoms with Crippen molar-refractivity contribution in [3.63, 3.8) is 0 Å². The van der Waals surface area contributed by atoms with Crippen molar-refractivity contribution < 1.29 is 24.5 Å². The molecule has 0 saturated carbocycles. The van der Waals surface area contributed by atoms with Crippen LogP contribution in [-0.4, -0.2) is 46.9 Å². The van der Waals surface area contributed by atoms with Crippen LogP contribution in [0.4, 0.5) is 0 Å². The molecule has 0 aliphatic rings. The Morgan fingerprint density at radius 3 is 1.27 bits per heavy atom. The van der Waals surface area contributed by atoms with Crippen LogP contribution in [0.1, 0.15) is 278 Å². The summed E-state index contributed by atoms with van der Waals surface area (Å²) in [6.07, 6.45) is 61.9. The summed E-state index contributed by atoms with van der Waals surface area (Å²) in [6, 6.07) is -0.729. The maximum absolute atomic E-state index is 13.2. The molecule has 0 aromatic heterocycles. The first-order chi connectivity index (χ1) is 31.0. The lowest BCUT2D eigenvalue weighted by Crippen LogP contribution is -2.46. The minimum absolute atomic E-state index is 0.00452. The minimum atomic E-state index is -0.810. The fraction of sp³-hybridized carbons (Fsp3) is 0.825. The molecule has 3 atom stereocenters. The maximum Gasteiger partial charge on any atom is 0.306 e. The van der Waals surface area contributed by atoms with Crippen LogP contribution in [0.2, 0.25) is 0 Å². The number of aliphatic hydroxyl groups is 2. The first-order valence-corrected chi connectivity index (χ1v) is 27.4. The van der Waals surface area contributed by atoms with Crippen LogP contribution in [0.5, 0.6) is 0 Å². The first-order valence-electron chi connectivity index (χ1n) is 27.4. The van der Waals surface area contributed by atoms with Gasteiger partial charge >= 0.3 is 5.97 Å². The highest BCUT2D eigenvalue weighted by Crippen LogP contribution is 2.17. The largest absolute Gasteiger partial charge is 0.461 e. The van der Waals surface area contributed by atoms with E-state index >= 15 is 0 Å². The maximum atomic E-state index is 13.2. The van der Waals surface area contributed by atoms with E-state index in [4.69, 9.17) is 4.74 Å². The Hall–Kier alpha value is -2.18. The van der Waals surface area contributed by atoms with E-state index < -0.39 is 18.2 Å². The number of hydrogen-bond acceptors (Lipinski definition) is 5. The Bertz CT molecular complexity index is 1080. The fourth-order valence-electron chi connectivity index (χ4n) is 8.23. The smallest absolute Gasteiger partial charge is 0.306 e. The van der Waals surface area contributed by atoms with Crippen LogP contribution in [0.15, 0.2) is 48.6 Å². The van der Waals surface area contributed by atoms with Gasteiger partial charge in [0.15, 0.2) is 0 Å². The summed E-state index contributed by atoms with van der Waals surface area (Å²) >= 11 is 0. The van der Waals surface area contributed by atoms with Crippen LogP contribution in [0.3, 0.4) is 0 Å². The van der Waals surface area contributed by atoms with Crippen LogP contribution in [0, 0.1) is 0 Å². The lowest BCUT2D eigenvalue weighted by molar-refractivity contribution is -0.150. The molecule has 3 unspecified atom stereocenters. The quantitative estimate of drug-likeness (QED) is 0.0321. The van der Waals surface area contributed by atoms with Crippen molar-refractivity contribution in [1.82, 2.24) is 5.32 Å². The molecule has 0 fully saturated rings. The van der Waals surface area contributed by atoms with Gasteiger partial charge in [0.2, 0.25) is 5.91 Å². The van der Waals surface area contributed by atoms with Crippen molar-refractivity contribution in [3.05, 3.63) is 48.6 Å². The van der Waals surface area contributed by atoms with Crippen molar-refractivity contribution in [1.29, 1.82) is 0 Å². The van der Waals surface area contributed by atoms with Crippen molar-refractivity contribution in [2.75, 3.05) is 6.61 Å². The number of rotatable bonds is 49. The summed E-state index contributed by atoms with van der Waals surface area (Å²) in [4.78, 5) is 26.1. The van der Waals surface area contributed by atoms with E-state index in [9.17, 15) is 19.8 Å². The number of hydrogen-bond donors (Lipinski definition) is 3. The minimum Gasteiger partial charge on any atom is -0.461 e. The standard InChI is InChI=1S/C57H105NO5/c1-4-7-10-13-16-19-22-25-27-28-30-32-34-37-40-43-46-49-55(60)54(52-59)58-56(61)51-53(48-45-42-39-36-33-31-29-26-23-20-17-14-11-8-5-2)63-57(62)50-47-44-41-38-35-24-21-18-15-12-9-6-3/h17,20,26,29,33,36,42,45,53-55,59-60H,4-16,18-19,21-25,27-28,30-32,34-35,37-41,43-44,46-52H2,1-3H3,(H,58,61)/b20-17-,29-26-,36-33-,45-42-. The second-order valence-corrected chi connectivity index (χ2v) is 18.6. The summed E-state index contributed by atoms with van der Waals surface area (Å²) in [5.41, 5.74) is 0. The summed E-state index contributed by atoms with van der Waals surface area (Å²) < 4.78 is 5.87. The lowest BCUT2D eigenvalue weighted by atomic mass is 10.0. The third-order valence-corrected chi connectivity index (χ3v) is 12.4. The number of allylic oxidation sites excluding steroid dienone is 7. The van der Waals surface area contributed by atoms with Crippen LogP contribution in [0.25, 0.3) is 0 Å². The summed E-state index contributed by atoms with van der Waals surface area (Å²) in [5, 5.41) is 23.8. The van der Waals surface area contributed by atoms with E-state index in [1.54, 1.807) is 0 Å². The Morgan fingerprint density at radius 1 is 0.476 bits per heavy atom. The topological polar surface area (TPSA) is 95.9 Å². The molecule has 63 heavy (non-hydrogen) atoms. The molecule has 0 rings (SSSR count). The van der Waals surface area contributed by atoms with Gasteiger partial charge < -0.3 is 20.3 Å². The highest BCUT2D eigenvalue weighted by atomic mass is 16.5. The average Bonchev–Trinajstić information content (AvgIpc) is 3.28. The molecule has 0 saturated heterocycles. The Morgan fingerprint density at radius 2 is 0.841 bits per heavy atom. The van der Waals surface area contributed by atoms with Gasteiger partial charge in [0.05, 0.1) is 25.2 Å². The molecule has 6 nitrogen and oxygen atoms in total. The van der Waals surface area contributed by atoms with Crippen LogP contribution < -0.4 is 5.32 Å². The molecule has 0 radical (unpaired) electrons. The predicted octanol–water partition coefficient (Wildman–Crippen LogP) is 16.6. The molecule has 0 aromatic rings. The fourth-order valence-corrected chi connectivity index (χ4v) is 8.23. The Kier molecular flexibility index (Phi) is 49.1. The molecule has 368 valence electrons. The summed E-state index contributed by atoms with van der Waals surface area (Å²) in [7, 11) is 0. The number of carbonyl (C=O) groups is 2. The summed E-state index contributed by atoms with van der Waals surface area (Å²) in [5.74, 6) is -0.567. The predicted molar refractivity (Wildman–Crippen MR) is 273 cm³/mol. The first kappa shape index (κ1) is 60.8. The van der Waals surface area contributed by atoms with E-state index in [-0.39, 0.29) is 24.9 Å². The van der Waals surface area contributed by atoms with Gasteiger partial charge in [-0.3, -0.25) is 9.59 Å². The van der Waals surface area contributed by atoms with Crippen molar-refractivity contribution in [2.24, 2.45) is 0 Å². The Labute approximate surface area is 391 Å². The number of ether oxygens (including phenoxy) is 1. The second-order valence-electron chi connectivity index (χ2n) is 18.6. The zero-order valence-corrected chi connectivity index (χ0v) is 42.0. The molecule has 0 aliphatic heterocycles. The van der Waals surface area contributed by atoms with E-state index in [0.717, 1.165) is 57.8 Å². The number of nitrogens with one attached hydrogen (secondary N) is 1. The number of amides is 1. The van der Waals surface area contributed by atoms with Gasteiger partial charge in [-0.15, -0.1) is 0 Å². The van der Waals surface area contributed by atoms with Crippen LogP contribution in [-0.2, 0) is 14.3 Å². The molecule has 1 amide bonds. The van der Waals surface area contributed by atoms with E-state index in [2.05, 4.69) is 68.6 Å². The molecule has 6 heteroatoms. The lowest BCUT2D eigenvalue weighted by Gasteiger charge is -2.24. The van der Waals surface area contributed by atoms with Crippen LogP contribution >= 0.6 is 0 Å².